The summed E-state index contributed by atoms with van der Waals surface area (Å²) in [6, 6.07) is 2.50. The summed E-state index contributed by atoms with van der Waals surface area (Å²) in [6.45, 7) is 0.177. The monoisotopic (exact) mass is 261 g/mol. The van der Waals surface area contributed by atoms with E-state index in [0.717, 1.165) is 0 Å². The molecule has 0 radical (unpaired) electrons. The number of rotatable bonds is 3. The summed E-state index contributed by atoms with van der Waals surface area (Å²) in [4.78, 5) is 11.3. The van der Waals surface area contributed by atoms with E-state index in [1.165, 1.54) is 12.1 Å². The van der Waals surface area contributed by atoms with E-state index < -0.39 is 5.82 Å². The molecule has 0 fully saturated rings. The van der Waals surface area contributed by atoms with Gasteiger partial charge in [-0.1, -0.05) is 0 Å². The van der Waals surface area contributed by atoms with Gasteiger partial charge in [0.25, 0.3) is 0 Å². The number of phenols is 1. The van der Waals surface area contributed by atoms with E-state index in [4.69, 9.17) is 10.8 Å². The predicted molar refractivity (Wildman–Crippen MR) is 53.8 cm³/mol. The van der Waals surface area contributed by atoms with E-state index in [-0.39, 0.29) is 34.5 Å². The van der Waals surface area contributed by atoms with Crippen LogP contribution in [0.3, 0.4) is 0 Å². The maximum absolute atomic E-state index is 13.4. The molecule has 14 heavy (non-hydrogen) atoms. The molecule has 1 aromatic carbocycles. The van der Waals surface area contributed by atoms with Crippen molar-refractivity contribution in [2.45, 2.75) is 6.42 Å². The molecule has 1 rings (SSSR count). The second-order valence-electron chi connectivity index (χ2n) is 2.72. The van der Waals surface area contributed by atoms with Gasteiger partial charge in [0, 0.05) is 6.42 Å². The van der Waals surface area contributed by atoms with Gasteiger partial charge in [0.05, 0.1) is 10.0 Å². The summed E-state index contributed by atoms with van der Waals surface area (Å²) in [6.07, 6.45) is 0.0914. The lowest BCUT2D eigenvalue weighted by Gasteiger charge is -2.04. The molecular weight excluding hydrogens is 253 g/mol. The Labute approximate surface area is 88.9 Å². The topological polar surface area (TPSA) is 63.3 Å². The van der Waals surface area contributed by atoms with E-state index >= 15 is 0 Å². The van der Waals surface area contributed by atoms with Crippen molar-refractivity contribution in [3.63, 3.8) is 0 Å². The standard InChI is InChI=1S/C9H9BrFNO2/c10-8-7(14)2-1-5(9(8)11)6(13)3-4-12/h1-2,14H,3-4,12H2. The first-order valence-corrected chi connectivity index (χ1v) is 4.77. The zero-order valence-corrected chi connectivity index (χ0v) is 8.84. The summed E-state index contributed by atoms with van der Waals surface area (Å²) in [5.41, 5.74) is 5.12. The SMILES string of the molecule is NCCC(=O)c1ccc(O)c(Br)c1F. The van der Waals surface area contributed by atoms with Gasteiger partial charge in [-0.2, -0.15) is 0 Å². The second kappa shape index (κ2) is 4.52. The number of carbonyl (C=O) groups excluding carboxylic acids is 1. The average molecular weight is 262 g/mol. The Kier molecular flexibility index (Phi) is 3.60. The lowest BCUT2D eigenvalue weighted by molar-refractivity contribution is 0.0981. The zero-order valence-electron chi connectivity index (χ0n) is 7.26. The van der Waals surface area contributed by atoms with Crippen LogP contribution in [0.2, 0.25) is 0 Å². The molecular formula is C9H9BrFNO2. The highest BCUT2D eigenvalue weighted by Crippen LogP contribution is 2.29. The highest BCUT2D eigenvalue weighted by atomic mass is 79.9. The third-order valence-corrected chi connectivity index (χ3v) is 2.49. The number of hydrogen-bond acceptors (Lipinski definition) is 3. The van der Waals surface area contributed by atoms with Crippen LogP contribution in [0.4, 0.5) is 4.39 Å². The summed E-state index contributed by atoms with van der Waals surface area (Å²) in [7, 11) is 0. The molecule has 1 aromatic rings. The molecule has 0 aromatic heterocycles. The fraction of sp³-hybridized carbons (Fsp3) is 0.222. The van der Waals surface area contributed by atoms with Crippen LogP contribution < -0.4 is 5.73 Å². The van der Waals surface area contributed by atoms with E-state index in [1.807, 2.05) is 0 Å². The van der Waals surface area contributed by atoms with Crippen molar-refractivity contribution in [1.29, 1.82) is 0 Å². The Bertz CT molecular complexity index is 368. The van der Waals surface area contributed by atoms with Gasteiger partial charge in [-0.15, -0.1) is 0 Å². The van der Waals surface area contributed by atoms with Crippen LogP contribution >= 0.6 is 15.9 Å². The lowest BCUT2D eigenvalue weighted by Crippen LogP contribution is -2.09. The van der Waals surface area contributed by atoms with Gasteiger partial charge in [-0.05, 0) is 34.6 Å². The minimum atomic E-state index is -0.747. The van der Waals surface area contributed by atoms with Gasteiger partial charge in [-0.25, -0.2) is 4.39 Å². The highest BCUT2D eigenvalue weighted by Gasteiger charge is 2.15. The number of nitrogens with two attached hydrogens (primary N) is 1. The van der Waals surface area contributed by atoms with Gasteiger partial charge < -0.3 is 10.8 Å². The van der Waals surface area contributed by atoms with Crippen LogP contribution in [0, 0.1) is 5.82 Å². The summed E-state index contributed by atoms with van der Waals surface area (Å²) >= 11 is 2.84. The largest absolute Gasteiger partial charge is 0.507 e. The maximum atomic E-state index is 13.4. The van der Waals surface area contributed by atoms with Crippen molar-refractivity contribution in [2.75, 3.05) is 6.54 Å². The Balaban J connectivity index is 3.11. The Morgan fingerprint density at radius 1 is 1.57 bits per heavy atom. The quantitative estimate of drug-likeness (QED) is 0.817. The Morgan fingerprint density at radius 3 is 2.79 bits per heavy atom. The highest BCUT2D eigenvalue weighted by molar-refractivity contribution is 9.10. The zero-order chi connectivity index (χ0) is 10.7. The fourth-order valence-corrected chi connectivity index (χ4v) is 1.37. The molecule has 0 amide bonds. The number of halogens is 2. The molecule has 3 N–H and O–H groups in total. The second-order valence-corrected chi connectivity index (χ2v) is 3.52. The minimum absolute atomic E-state index is 0.0554. The van der Waals surface area contributed by atoms with E-state index in [2.05, 4.69) is 15.9 Å². The summed E-state index contributed by atoms with van der Waals surface area (Å²) in [5, 5.41) is 9.11. The van der Waals surface area contributed by atoms with Gasteiger partial charge in [-0.3, -0.25) is 4.79 Å². The molecule has 5 heteroatoms. The van der Waals surface area contributed by atoms with Crippen molar-refractivity contribution < 1.29 is 14.3 Å². The molecule has 0 aliphatic heterocycles. The van der Waals surface area contributed by atoms with Gasteiger partial charge in [0.1, 0.15) is 5.75 Å². The molecule has 0 atom stereocenters. The fourth-order valence-electron chi connectivity index (χ4n) is 1.02. The average Bonchev–Trinajstić information content (AvgIpc) is 2.15. The van der Waals surface area contributed by atoms with E-state index in [9.17, 15) is 9.18 Å². The first-order valence-electron chi connectivity index (χ1n) is 3.98. The number of Topliss-reactive ketones (excluding diaryl/α,β-unsaturated/α-hetero) is 1. The number of aromatic hydroxyl groups is 1. The smallest absolute Gasteiger partial charge is 0.167 e. The minimum Gasteiger partial charge on any atom is -0.507 e. The molecule has 0 saturated heterocycles. The van der Waals surface area contributed by atoms with Crippen LogP contribution in [0.5, 0.6) is 5.75 Å². The molecule has 0 aliphatic rings. The summed E-state index contributed by atoms with van der Waals surface area (Å²) in [5.74, 6) is -1.35. The number of ketones is 1. The number of carbonyl (C=O) groups is 1. The molecule has 0 spiro atoms. The molecule has 0 bridgehead atoms. The lowest BCUT2D eigenvalue weighted by atomic mass is 10.1. The van der Waals surface area contributed by atoms with Crippen molar-refractivity contribution in [1.82, 2.24) is 0 Å². The van der Waals surface area contributed by atoms with Gasteiger partial charge in [0.15, 0.2) is 11.6 Å². The normalized spacial score (nSPS) is 10.2. The first-order chi connectivity index (χ1) is 6.57. The third-order valence-electron chi connectivity index (χ3n) is 1.73. The van der Waals surface area contributed by atoms with Crippen molar-refractivity contribution >= 4 is 21.7 Å². The van der Waals surface area contributed by atoms with E-state index in [0.29, 0.717) is 0 Å². The molecule has 0 unspecified atom stereocenters. The van der Waals surface area contributed by atoms with Crippen LogP contribution in [0.25, 0.3) is 0 Å². The van der Waals surface area contributed by atoms with Crippen molar-refractivity contribution in [3.05, 3.63) is 28.0 Å². The first kappa shape index (κ1) is 11.1. The maximum Gasteiger partial charge on any atom is 0.167 e. The Hall–Kier alpha value is -0.940. The molecule has 0 aliphatic carbocycles. The van der Waals surface area contributed by atoms with Gasteiger partial charge >= 0.3 is 0 Å². The van der Waals surface area contributed by atoms with E-state index in [1.54, 1.807) is 0 Å². The van der Waals surface area contributed by atoms with Crippen LogP contribution in [-0.2, 0) is 0 Å². The molecule has 3 nitrogen and oxygen atoms in total. The Morgan fingerprint density at radius 2 is 2.21 bits per heavy atom. The summed E-state index contributed by atoms with van der Waals surface area (Å²) < 4.78 is 13.3. The molecule has 0 saturated carbocycles. The number of phenolic OH excluding ortho intramolecular Hbond substituents is 1. The van der Waals surface area contributed by atoms with Crippen molar-refractivity contribution in [3.8, 4) is 5.75 Å². The number of benzene rings is 1. The predicted octanol–water partition coefficient (Wildman–Crippen LogP) is 1.83. The number of hydrogen-bond donors (Lipinski definition) is 2. The third kappa shape index (κ3) is 2.10. The van der Waals surface area contributed by atoms with Crippen LogP contribution in [0.15, 0.2) is 16.6 Å². The van der Waals surface area contributed by atoms with Crippen LogP contribution in [-0.4, -0.2) is 17.4 Å². The molecule has 76 valence electrons. The van der Waals surface area contributed by atoms with Crippen LogP contribution in [0.1, 0.15) is 16.8 Å². The van der Waals surface area contributed by atoms with Gasteiger partial charge in [0.2, 0.25) is 0 Å². The van der Waals surface area contributed by atoms with Crippen molar-refractivity contribution in [2.24, 2.45) is 5.73 Å². The molecule has 0 heterocycles.